The first-order chi connectivity index (χ1) is 10.7. The van der Waals surface area contributed by atoms with Gasteiger partial charge in [0, 0.05) is 45.2 Å². The van der Waals surface area contributed by atoms with Crippen LogP contribution in [0, 0.1) is 11.8 Å². The van der Waals surface area contributed by atoms with E-state index in [1.54, 1.807) is 4.90 Å². The number of hydrogen-bond acceptors (Lipinski definition) is 4. The topological polar surface area (TPSA) is 78.9 Å². The van der Waals surface area contributed by atoms with Crippen LogP contribution >= 0.6 is 0 Å². The Morgan fingerprint density at radius 3 is 2.91 bits per heavy atom. The van der Waals surface area contributed by atoms with E-state index in [0.717, 1.165) is 38.7 Å². The standard InChI is InChI=1S/C16H28N2O4/c19-11-14(13-6-8-22-12-13)9-17-15(20)10-18-7-4-2-1-3-5-16(18)21/h13-14,19H,1-12H2,(H,17,20)/t13-,14-/m1/s1. The number of aliphatic hydroxyl groups excluding tert-OH is 1. The minimum absolute atomic E-state index is 0.0366. The number of carbonyl (C=O) groups excluding carboxylic acids is 2. The fraction of sp³-hybridized carbons (Fsp3) is 0.875. The Morgan fingerprint density at radius 2 is 2.18 bits per heavy atom. The molecule has 2 N–H and O–H groups in total. The highest BCUT2D eigenvalue weighted by Gasteiger charge is 2.26. The summed E-state index contributed by atoms with van der Waals surface area (Å²) in [5.41, 5.74) is 0. The Hall–Kier alpha value is -1.14. The summed E-state index contributed by atoms with van der Waals surface area (Å²) in [6.07, 6.45) is 5.60. The molecular weight excluding hydrogens is 284 g/mol. The van der Waals surface area contributed by atoms with E-state index >= 15 is 0 Å². The summed E-state index contributed by atoms with van der Waals surface area (Å²) < 4.78 is 5.33. The van der Waals surface area contributed by atoms with Crippen molar-refractivity contribution >= 4 is 11.8 Å². The van der Waals surface area contributed by atoms with E-state index in [2.05, 4.69) is 5.32 Å². The van der Waals surface area contributed by atoms with Crippen molar-refractivity contribution in [2.75, 3.05) is 39.5 Å². The van der Waals surface area contributed by atoms with E-state index in [1.165, 1.54) is 0 Å². The van der Waals surface area contributed by atoms with Crippen molar-refractivity contribution in [1.82, 2.24) is 10.2 Å². The number of aliphatic hydroxyl groups is 1. The maximum atomic E-state index is 12.1. The number of nitrogens with zero attached hydrogens (tertiary/aromatic N) is 1. The van der Waals surface area contributed by atoms with Gasteiger partial charge in [-0.05, 0) is 25.2 Å². The average molecular weight is 312 g/mol. The van der Waals surface area contributed by atoms with Crippen LogP contribution < -0.4 is 5.32 Å². The highest BCUT2D eigenvalue weighted by Crippen LogP contribution is 2.21. The third-order valence-electron chi connectivity index (χ3n) is 4.68. The van der Waals surface area contributed by atoms with Crippen molar-refractivity contribution in [3.05, 3.63) is 0 Å². The number of ether oxygens (including phenoxy) is 1. The van der Waals surface area contributed by atoms with Crippen molar-refractivity contribution in [2.45, 2.75) is 38.5 Å². The summed E-state index contributed by atoms with van der Waals surface area (Å²) in [4.78, 5) is 25.7. The van der Waals surface area contributed by atoms with Gasteiger partial charge in [0.25, 0.3) is 0 Å². The Morgan fingerprint density at radius 1 is 1.36 bits per heavy atom. The molecule has 2 aliphatic rings. The van der Waals surface area contributed by atoms with Crippen molar-refractivity contribution < 1.29 is 19.4 Å². The predicted octanol–water partition coefficient (Wildman–Crippen LogP) is 0.540. The second-order valence-corrected chi connectivity index (χ2v) is 6.35. The summed E-state index contributed by atoms with van der Waals surface area (Å²) >= 11 is 0. The van der Waals surface area contributed by atoms with Gasteiger partial charge in [-0.15, -0.1) is 0 Å². The smallest absolute Gasteiger partial charge is 0.239 e. The maximum Gasteiger partial charge on any atom is 0.239 e. The molecule has 2 heterocycles. The minimum Gasteiger partial charge on any atom is -0.396 e. The lowest BCUT2D eigenvalue weighted by Crippen LogP contribution is -2.43. The highest BCUT2D eigenvalue weighted by atomic mass is 16.5. The molecular formula is C16H28N2O4. The Balaban J connectivity index is 1.74. The van der Waals surface area contributed by atoms with Crippen LogP contribution in [-0.2, 0) is 14.3 Å². The number of likely N-dealkylation sites (tertiary alicyclic amines) is 1. The minimum atomic E-state index is -0.133. The fourth-order valence-electron chi connectivity index (χ4n) is 3.16. The van der Waals surface area contributed by atoms with Crippen molar-refractivity contribution in [2.24, 2.45) is 11.8 Å². The molecule has 0 saturated carbocycles. The quantitative estimate of drug-likeness (QED) is 0.750. The van der Waals surface area contributed by atoms with Crippen molar-refractivity contribution in [3.63, 3.8) is 0 Å². The zero-order valence-electron chi connectivity index (χ0n) is 13.3. The van der Waals surface area contributed by atoms with E-state index in [4.69, 9.17) is 4.74 Å². The van der Waals surface area contributed by atoms with Gasteiger partial charge in [0.1, 0.15) is 0 Å². The molecule has 2 rings (SSSR count). The third kappa shape index (κ3) is 5.25. The summed E-state index contributed by atoms with van der Waals surface area (Å²) in [5, 5.41) is 12.3. The number of hydrogen-bond donors (Lipinski definition) is 2. The van der Waals surface area contributed by atoms with Crippen LogP contribution in [0.1, 0.15) is 38.5 Å². The summed E-state index contributed by atoms with van der Waals surface area (Å²) in [7, 11) is 0. The average Bonchev–Trinajstić information content (AvgIpc) is 3.02. The molecule has 2 atom stereocenters. The number of carbonyl (C=O) groups is 2. The van der Waals surface area contributed by atoms with E-state index in [9.17, 15) is 14.7 Å². The van der Waals surface area contributed by atoms with Gasteiger partial charge >= 0.3 is 0 Å². The van der Waals surface area contributed by atoms with Gasteiger partial charge < -0.3 is 20.1 Å². The van der Waals surface area contributed by atoms with Crippen LogP contribution in [0.4, 0.5) is 0 Å². The van der Waals surface area contributed by atoms with Gasteiger partial charge in [0.2, 0.25) is 11.8 Å². The van der Waals surface area contributed by atoms with Crippen molar-refractivity contribution in [3.8, 4) is 0 Å². The molecule has 22 heavy (non-hydrogen) atoms. The van der Waals surface area contributed by atoms with E-state index < -0.39 is 0 Å². The molecule has 2 saturated heterocycles. The van der Waals surface area contributed by atoms with E-state index in [1.807, 2.05) is 0 Å². The lowest BCUT2D eigenvalue weighted by atomic mass is 9.92. The molecule has 0 unspecified atom stereocenters. The zero-order valence-corrected chi connectivity index (χ0v) is 13.3. The van der Waals surface area contributed by atoms with Crippen LogP contribution in [0.2, 0.25) is 0 Å². The maximum absolute atomic E-state index is 12.1. The molecule has 2 amide bonds. The first-order valence-electron chi connectivity index (χ1n) is 8.43. The highest BCUT2D eigenvalue weighted by molar-refractivity contribution is 5.84. The van der Waals surface area contributed by atoms with Gasteiger partial charge in [0.05, 0.1) is 6.54 Å². The van der Waals surface area contributed by atoms with E-state index in [0.29, 0.717) is 32.0 Å². The third-order valence-corrected chi connectivity index (χ3v) is 4.68. The van der Waals surface area contributed by atoms with Gasteiger partial charge in [-0.3, -0.25) is 9.59 Å². The molecule has 2 fully saturated rings. The van der Waals surface area contributed by atoms with Crippen LogP contribution in [0.5, 0.6) is 0 Å². The lowest BCUT2D eigenvalue weighted by Gasteiger charge is -2.25. The molecule has 0 aromatic carbocycles. The van der Waals surface area contributed by atoms with E-state index in [-0.39, 0.29) is 30.9 Å². The summed E-state index contributed by atoms with van der Waals surface area (Å²) in [5.74, 6) is 0.298. The molecule has 6 nitrogen and oxygen atoms in total. The first-order valence-corrected chi connectivity index (χ1v) is 8.43. The molecule has 2 aliphatic heterocycles. The number of rotatable bonds is 6. The zero-order chi connectivity index (χ0) is 15.8. The second kappa shape index (κ2) is 9.10. The molecule has 0 spiro atoms. The molecule has 126 valence electrons. The van der Waals surface area contributed by atoms with Crippen LogP contribution in [0.15, 0.2) is 0 Å². The largest absolute Gasteiger partial charge is 0.396 e. The molecule has 0 radical (unpaired) electrons. The SMILES string of the molecule is O=C(CN1CCCCCCC1=O)NC[C@H](CO)[C@@H]1CCOC1. The van der Waals surface area contributed by atoms with Crippen LogP contribution in [0.3, 0.4) is 0 Å². The Labute approximate surface area is 132 Å². The van der Waals surface area contributed by atoms with Gasteiger partial charge in [-0.1, -0.05) is 12.8 Å². The normalized spacial score (nSPS) is 24.7. The monoisotopic (exact) mass is 312 g/mol. The molecule has 6 heteroatoms. The Kier molecular flexibility index (Phi) is 7.12. The predicted molar refractivity (Wildman–Crippen MR) is 82.2 cm³/mol. The first kappa shape index (κ1) is 17.2. The molecule has 0 aliphatic carbocycles. The molecule has 0 aromatic rings. The molecule has 0 bridgehead atoms. The summed E-state index contributed by atoms with van der Waals surface area (Å²) in [6, 6.07) is 0. The second-order valence-electron chi connectivity index (χ2n) is 6.35. The van der Waals surface area contributed by atoms with Gasteiger partial charge in [0.15, 0.2) is 0 Å². The number of nitrogens with one attached hydrogen (secondary N) is 1. The number of amides is 2. The van der Waals surface area contributed by atoms with Crippen LogP contribution in [0.25, 0.3) is 0 Å². The van der Waals surface area contributed by atoms with Crippen LogP contribution in [-0.4, -0.2) is 61.3 Å². The van der Waals surface area contributed by atoms with Gasteiger partial charge in [-0.2, -0.15) is 0 Å². The van der Waals surface area contributed by atoms with Crippen molar-refractivity contribution in [1.29, 1.82) is 0 Å². The lowest BCUT2D eigenvalue weighted by molar-refractivity contribution is -0.136. The Bertz CT molecular complexity index is 369. The molecule has 0 aromatic heterocycles. The summed E-state index contributed by atoms with van der Waals surface area (Å²) in [6.45, 7) is 2.70. The van der Waals surface area contributed by atoms with Gasteiger partial charge in [-0.25, -0.2) is 0 Å². The fourth-order valence-corrected chi connectivity index (χ4v) is 3.16.